The fourth-order valence-corrected chi connectivity index (χ4v) is 4.31. The summed E-state index contributed by atoms with van der Waals surface area (Å²) >= 11 is 2.05. The molecule has 0 unspecified atom stereocenters. The number of hydrogen-bond donors (Lipinski definition) is 0. The van der Waals surface area contributed by atoms with Crippen molar-refractivity contribution in [1.82, 2.24) is 14.4 Å². The fourth-order valence-electron chi connectivity index (χ4n) is 3.22. The number of aromatic nitrogens is 1. The summed E-state index contributed by atoms with van der Waals surface area (Å²) in [6, 6.07) is 5.68. The van der Waals surface area contributed by atoms with Crippen molar-refractivity contribution in [2.24, 2.45) is 0 Å². The van der Waals surface area contributed by atoms with E-state index in [1.165, 1.54) is 35.0 Å². The third-order valence-electron chi connectivity index (χ3n) is 4.58. The highest BCUT2D eigenvalue weighted by Gasteiger charge is 2.27. The van der Waals surface area contributed by atoms with Gasteiger partial charge in [-0.05, 0) is 30.4 Å². The number of pyridine rings is 1. The molecule has 1 aromatic rings. The summed E-state index contributed by atoms with van der Waals surface area (Å²) in [4.78, 5) is 28.5. The van der Waals surface area contributed by atoms with Gasteiger partial charge >= 0.3 is 0 Å². The van der Waals surface area contributed by atoms with Crippen molar-refractivity contribution in [3.8, 4) is 0 Å². The fraction of sp³-hybridized carbons (Fsp3) is 0.625. The van der Waals surface area contributed by atoms with Gasteiger partial charge in [0.05, 0.1) is 0 Å². The molecule has 120 valence electrons. The molecule has 0 aromatic carbocycles. The molecule has 0 aliphatic carbocycles. The van der Waals surface area contributed by atoms with Gasteiger partial charge < -0.3 is 9.47 Å². The van der Waals surface area contributed by atoms with Gasteiger partial charge in [0.25, 0.3) is 5.56 Å². The van der Waals surface area contributed by atoms with Crippen LogP contribution in [0.15, 0.2) is 29.2 Å². The Morgan fingerprint density at radius 3 is 2.55 bits per heavy atom. The van der Waals surface area contributed by atoms with Crippen LogP contribution in [-0.2, 0) is 11.3 Å². The highest BCUT2D eigenvalue weighted by molar-refractivity contribution is 7.99. The summed E-state index contributed by atoms with van der Waals surface area (Å²) in [7, 11) is 0. The monoisotopic (exact) mass is 321 g/mol. The van der Waals surface area contributed by atoms with E-state index in [2.05, 4.69) is 4.90 Å². The van der Waals surface area contributed by atoms with E-state index in [1.54, 1.807) is 18.3 Å². The molecule has 0 atom stereocenters. The van der Waals surface area contributed by atoms with E-state index in [4.69, 9.17) is 0 Å². The van der Waals surface area contributed by atoms with Crippen LogP contribution in [0, 0.1) is 0 Å². The molecule has 2 saturated heterocycles. The van der Waals surface area contributed by atoms with Gasteiger partial charge in [-0.15, -0.1) is 0 Å². The Kier molecular flexibility index (Phi) is 5.20. The predicted octanol–water partition coefficient (Wildman–Crippen LogP) is 0.888. The van der Waals surface area contributed by atoms with Gasteiger partial charge in [0.1, 0.15) is 6.54 Å². The highest BCUT2D eigenvalue weighted by Crippen LogP contribution is 2.22. The van der Waals surface area contributed by atoms with Crippen molar-refractivity contribution in [3.63, 3.8) is 0 Å². The zero-order valence-electron chi connectivity index (χ0n) is 12.8. The van der Waals surface area contributed by atoms with Crippen LogP contribution in [-0.4, -0.2) is 64.0 Å². The molecule has 0 bridgehead atoms. The number of nitrogens with zero attached hydrogens (tertiary/aromatic N) is 3. The van der Waals surface area contributed by atoms with Crippen molar-refractivity contribution in [2.45, 2.75) is 25.4 Å². The first kappa shape index (κ1) is 15.6. The van der Waals surface area contributed by atoms with Gasteiger partial charge in [0.15, 0.2) is 0 Å². The predicted molar refractivity (Wildman–Crippen MR) is 89.2 cm³/mol. The SMILES string of the molecule is O=C(Cn1ccccc1=O)N1CCN(C2CCSCC2)CC1. The Balaban J connectivity index is 1.51. The van der Waals surface area contributed by atoms with E-state index >= 15 is 0 Å². The van der Waals surface area contributed by atoms with Crippen LogP contribution in [0.5, 0.6) is 0 Å². The number of carbonyl (C=O) groups is 1. The van der Waals surface area contributed by atoms with Crippen LogP contribution in [0.1, 0.15) is 12.8 Å². The Hall–Kier alpha value is -1.27. The first-order valence-corrected chi connectivity index (χ1v) is 9.14. The maximum Gasteiger partial charge on any atom is 0.250 e. The standard InChI is InChI=1S/C16H23N3O2S/c20-15-3-1-2-6-19(15)13-16(21)18-9-7-17(8-10-18)14-4-11-22-12-5-14/h1-3,6,14H,4-5,7-13H2. The lowest BCUT2D eigenvalue weighted by atomic mass is 10.1. The van der Waals surface area contributed by atoms with E-state index in [0.29, 0.717) is 6.04 Å². The zero-order valence-corrected chi connectivity index (χ0v) is 13.6. The number of amides is 1. The Morgan fingerprint density at radius 2 is 1.86 bits per heavy atom. The molecule has 5 nitrogen and oxygen atoms in total. The molecular formula is C16H23N3O2S. The molecule has 0 saturated carbocycles. The van der Waals surface area contributed by atoms with Crippen molar-refractivity contribution in [2.75, 3.05) is 37.7 Å². The van der Waals surface area contributed by atoms with Crippen molar-refractivity contribution >= 4 is 17.7 Å². The zero-order chi connectivity index (χ0) is 15.4. The smallest absolute Gasteiger partial charge is 0.250 e. The lowest BCUT2D eigenvalue weighted by Gasteiger charge is -2.40. The largest absolute Gasteiger partial charge is 0.339 e. The molecule has 2 aliphatic rings. The lowest BCUT2D eigenvalue weighted by molar-refractivity contribution is -0.134. The van der Waals surface area contributed by atoms with Gasteiger partial charge in [-0.1, -0.05) is 6.07 Å². The van der Waals surface area contributed by atoms with Gasteiger partial charge in [0.2, 0.25) is 5.91 Å². The van der Waals surface area contributed by atoms with Crippen LogP contribution in [0.4, 0.5) is 0 Å². The van der Waals surface area contributed by atoms with E-state index in [1.807, 2.05) is 16.7 Å². The van der Waals surface area contributed by atoms with E-state index in [-0.39, 0.29) is 18.0 Å². The van der Waals surface area contributed by atoms with Crippen molar-refractivity contribution in [3.05, 3.63) is 34.7 Å². The van der Waals surface area contributed by atoms with Gasteiger partial charge in [-0.2, -0.15) is 11.8 Å². The molecule has 2 fully saturated rings. The minimum atomic E-state index is -0.116. The first-order valence-electron chi connectivity index (χ1n) is 7.99. The summed E-state index contributed by atoms with van der Waals surface area (Å²) in [6.07, 6.45) is 4.23. The molecule has 2 aliphatic heterocycles. The maximum atomic E-state index is 12.3. The Morgan fingerprint density at radius 1 is 1.14 bits per heavy atom. The molecule has 22 heavy (non-hydrogen) atoms. The van der Waals surface area contributed by atoms with Crippen LogP contribution in [0.25, 0.3) is 0 Å². The third-order valence-corrected chi connectivity index (χ3v) is 5.63. The summed E-state index contributed by atoms with van der Waals surface area (Å²) in [5, 5.41) is 0. The molecule has 1 aromatic heterocycles. The minimum Gasteiger partial charge on any atom is -0.339 e. The summed E-state index contributed by atoms with van der Waals surface area (Å²) in [5.74, 6) is 2.58. The second-order valence-electron chi connectivity index (χ2n) is 5.93. The number of thioether (sulfide) groups is 1. The molecule has 1 amide bonds. The summed E-state index contributed by atoms with van der Waals surface area (Å²) in [5.41, 5.74) is -0.116. The van der Waals surface area contributed by atoms with E-state index < -0.39 is 0 Å². The number of rotatable bonds is 3. The van der Waals surface area contributed by atoms with Crippen LogP contribution in [0.2, 0.25) is 0 Å². The van der Waals surface area contributed by atoms with Crippen molar-refractivity contribution < 1.29 is 4.79 Å². The van der Waals surface area contributed by atoms with Crippen molar-refractivity contribution in [1.29, 1.82) is 0 Å². The highest BCUT2D eigenvalue weighted by atomic mass is 32.2. The molecule has 3 rings (SSSR count). The van der Waals surface area contributed by atoms with Crippen LogP contribution in [0.3, 0.4) is 0 Å². The van der Waals surface area contributed by atoms with Gasteiger partial charge in [-0.25, -0.2) is 0 Å². The molecular weight excluding hydrogens is 298 g/mol. The Bertz CT molecular complexity index is 561. The Labute approximate surface area is 135 Å². The van der Waals surface area contributed by atoms with Crippen LogP contribution < -0.4 is 5.56 Å². The van der Waals surface area contributed by atoms with Crippen LogP contribution >= 0.6 is 11.8 Å². The average molecular weight is 321 g/mol. The number of piperazine rings is 1. The second-order valence-corrected chi connectivity index (χ2v) is 7.15. The lowest BCUT2D eigenvalue weighted by Crippen LogP contribution is -2.53. The summed E-state index contributed by atoms with van der Waals surface area (Å²) < 4.78 is 1.48. The third kappa shape index (κ3) is 3.73. The molecule has 0 spiro atoms. The molecule has 6 heteroatoms. The van der Waals surface area contributed by atoms with E-state index in [0.717, 1.165) is 26.2 Å². The second kappa shape index (κ2) is 7.33. The topological polar surface area (TPSA) is 45.6 Å². The number of carbonyl (C=O) groups excluding carboxylic acids is 1. The quantitative estimate of drug-likeness (QED) is 0.829. The first-order chi connectivity index (χ1) is 10.7. The normalized spacial score (nSPS) is 21.0. The molecule has 3 heterocycles. The number of hydrogen-bond acceptors (Lipinski definition) is 4. The molecule has 0 radical (unpaired) electrons. The average Bonchev–Trinajstić information content (AvgIpc) is 2.58. The van der Waals surface area contributed by atoms with Gasteiger partial charge in [0, 0.05) is 44.5 Å². The van der Waals surface area contributed by atoms with Gasteiger partial charge in [-0.3, -0.25) is 14.5 Å². The summed E-state index contributed by atoms with van der Waals surface area (Å²) in [6.45, 7) is 3.64. The maximum absolute atomic E-state index is 12.3. The molecule has 0 N–H and O–H groups in total. The minimum absolute atomic E-state index is 0.0483. The van der Waals surface area contributed by atoms with E-state index in [9.17, 15) is 9.59 Å².